The number of hydrogen-bond acceptors (Lipinski definition) is 6. The number of benzene rings is 3. The van der Waals surface area contributed by atoms with Gasteiger partial charge in [-0.05, 0) is 111 Å². The zero-order chi connectivity index (χ0) is 31.8. The lowest BCUT2D eigenvalue weighted by atomic mass is 9.95. The third-order valence-corrected chi connectivity index (χ3v) is 9.44. The first-order chi connectivity index (χ1) is 20.9. The molecular weight excluding hydrogens is 866 g/mol. The lowest BCUT2D eigenvalue weighted by molar-refractivity contribution is -0.140. The second-order valence-electron chi connectivity index (χ2n) is 9.35. The first-order valence-corrected chi connectivity index (χ1v) is 16.5. The molecule has 4 aromatic rings. The molecule has 1 aromatic heterocycles. The van der Waals surface area contributed by atoms with Crippen molar-refractivity contribution in [3.63, 3.8) is 0 Å². The number of fused-ring (bicyclic) bond motifs is 1. The lowest BCUT2D eigenvalue weighted by Gasteiger charge is -2.26. The Hall–Kier alpha value is -2.40. The molecule has 0 bridgehead atoms. The Kier molecular flexibility index (Phi) is 10.1. The maximum absolute atomic E-state index is 14.3. The molecule has 0 amide bonds. The van der Waals surface area contributed by atoms with Gasteiger partial charge in [0.25, 0.3) is 5.56 Å². The van der Waals surface area contributed by atoms with Crippen LogP contribution in [0.5, 0.6) is 5.75 Å². The number of ether oxygens (including phenoxy) is 2. The van der Waals surface area contributed by atoms with Crippen LogP contribution >= 0.6 is 79.7 Å². The molecule has 0 N–H and O–H groups in total. The third-order valence-electron chi connectivity index (χ3n) is 6.37. The second-order valence-corrected chi connectivity index (χ2v) is 13.6. The summed E-state index contributed by atoms with van der Waals surface area (Å²) >= 11 is 17.1. The van der Waals surface area contributed by atoms with Crippen molar-refractivity contribution in [2.75, 3.05) is 6.61 Å². The molecule has 0 fully saturated rings. The smallest absolute Gasteiger partial charge is 0.434 e. The monoisotopic (exact) mass is 884 g/mol. The molecule has 0 unspecified atom stereocenters. The number of rotatable bonds is 7. The Labute approximate surface area is 290 Å². The van der Waals surface area contributed by atoms with Gasteiger partial charge in [0.05, 0.1) is 29.9 Å². The van der Waals surface area contributed by atoms with Crippen molar-refractivity contribution in [2.45, 2.75) is 25.7 Å². The SMILES string of the molecule is CCOC(=O)C1=C(C(F)(F)F)N=c2s/c(=C\c3cc(I)c(OCc4cccc(Cl)c4)c(I)c3)c(=O)n2[C@H]1c1ccc(Cl)cc1. The summed E-state index contributed by atoms with van der Waals surface area (Å²) in [4.78, 5) is 30.4. The molecule has 2 heterocycles. The predicted octanol–water partition coefficient (Wildman–Crippen LogP) is 7.44. The number of aromatic nitrogens is 1. The van der Waals surface area contributed by atoms with E-state index < -0.39 is 35.0 Å². The van der Waals surface area contributed by atoms with E-state index >= 15 is 0 Å². The highest BCUT2D eigenvalue weighted by atomic mass is 127. The molecule has 14 heteroatoms. The number of nitrogens with zero attached hydrogens (tertiary/aromatic N) is 2. The van der Waals surface area contributed by atoms with E-state index in [2.05, 4.69) is 50.2 Å². The molecule has 6 nitrogen and oxygen atoms in total. The highest BCUT2D eigenvalue weighted by Crippen LogP contribution is 2.38. The Morgan fingerprint density at radius 1 is 1.07 bits per heavy atom. The van der Waals surface area contributed by atoms with Crippen molar-refractivity contribution in [2.24, 2.45) is 4.99 Å². The number of allylic oxidation sites excluding steroid dienone is 1. The van der Waals surface area contributed by atoms with E-state index in [0.29, 0.717) is 28.0 Å². The van der Waals surface area contributed by atoms with Crippen molar-refractivity contribution in [3.05, 3.63) is 125 Å². The highest BCUT2D eigenvalue weighted by Gasteiger charge is 2.45. The van der Waals surface area contributed by atoms with Crippen LogP contribution in [0.2, 0.25) is 10.0 Å². The van der Waals surface area contributed by atoms with E-state index in [1.807, 2.05) is 18.2 Å². The van der Waals surface area contributed by atoms with Gasteiger partial charge in [-0.2, -0.15) is 13.2 Å². The number of esters is 1. The van der Waals surface area contributed by atoms with Gasteiger partial charge in [-0.3, -0.25) is 9.36 Å². The van der Waals surface area contributed by atoms with E-state index in [9.17, 15) is 22.8 Å². The molecule has 0 aliphatic carbocycles. The molecule has 1 aliphatic rings. The fourth-order valence-electron chi connectivity index (χ4n) is 4.54. The lowest BCUT2D eigenvalue weighted by Crippen LogP contribution is -2.41. The van der Waals surface area contributed by atoms with Crippen LogP contribution < -0.4 is 19.6 Å². The summed E-state index contributed by atoms with van der Waals surface area (Å²) in [5, 5.41) is 0.936. The maximum Gasteiger partial charge on any atom is 0.434 e. The van der Waals surface area contributed by atoms with E-state index in [4.69, 9.17) is 32.7 Å². The van der Waals surface area contributed by atoms with Gasteiger partial charge in [-0.25, -0.2) is 9.79 Å². The molecule has 0 saturated heterocycles. The minimum absolute atomic E-state index is 0.133. The van der Waals surface area contributed by atoms with Crippen LogP contribution in [0.25, 0.3) is 6.08 Å². The van der Waals surface area contributed by atoms with Crippen LogP contribution in [0.15, 0.2) is 81.7 Å². The molecule has 0 radical (unpaired) electrons. The summed E-state index contributed by atoms with van der Waals surface area (Å²) in [6.07, 6.45) is -3.41. The van der Waals surface area contributed by atoms with Crippen molar-refractivity contribution < 1.29 is 27.4 Å². The third kappa shape index (κ3) is 7.03. The van der Waals surface area contributed by atoms with Crippen LogP contribution in [0.1, 0.15) is 29.7 Å². The van der Waals surface area contributed by atoms with E-state index in [0.717, 1.165) is 28.6 Å². The van der Waals surface area contributed by atoms with Crippen LogP contribution in [0, 0.1) is 7.14 Å². The fourth-order valence-corrected chi connectivity index (χ4v) is 8.00. The van der Waals surface area contributed by atoms with Gasteiger partial charge in [-0.15, -0.1) is 0 Å². The zero-order valence-corrected chi connectivity index (χ0v) is 29.1. The van der Waals surface area contributed by atoms with Crippen molar-refractivity contribution in [1.82, 2.24) is 4.57 Å². The standard InChI is InChI=1S/C30H19Cl2F3I2N2O4S/c1-2-42-28(41)23-24(17-6-8-18(31)9-7-17)39-27(40)22(44-29(39)38-26(23)30(33,34)35)13-16-11-20(36)25(21(37)12-16)43-14-15-4-3-5-19(32)10-15/h3-13,24H,2,14H2,1H3/b22-13-/t24-/m0/s1. The first-order valence-electron chi connectivity index (χ1n) is 12.8. The number of alkyl halides is 3. The van der Waals surface area contributed by atoms with E-state index in [1.165, 1.54) is 31.2 Å². The molecule has 3 aromatic carbocycles. The Morgan fingerprint density at radius 3 is 2.36 bits per heavy atom. The molecular formula is C30H19Cl2F3I2N2O4S. The number of hydrogen-bond donors (Lipinski definition) is 0. The quantitative estimate of drug-likeness (QED) is 0.143. The van der Waals surface area contributed by atoms with Crippen LogP contribution in [0.3, 0.4) is 0 Å². The van der Waals surface area contributed by atoms with Gasteiger partial charge >= 0.3 is 12.1 Å². The van der Waals surface area contributed by atoms with E-state index in [1.54, 1.807) is 24.3 Å². The van der Waals surface area contributed by atoms with Crippen LogP contribution in [0.4, 0.5) is 13.2 Å². The molecule has 44 heavy (non-hydrogen) atoms. The van der Waals surface area contributed by atoms with Gasteiger partial charge in [0.2, 0.25) is 0 Å². The number of halogens is 7. The zero-order valence-electron chi connectivity index (χ0n) is 22.4. The summed E-state index contributed by atoms with van der Waals surface area (Å²) in [6, 6.07) is 15.4. The molecule has 228 valence electrons. The topological polar surface area (TPSA) is 69.9 Å². The maximum atomic E-state index is 14.3. The van der Waals surface area contributed by atoms with Crippen LogP contribution in [-0.2, 0) is 16.1 Å². The summed E-state index contributed by atoms with van der Waals surface area (Å²) in [5.41, 5.74) is -1.03. The van der Waals surface area contributed by atoms with Gasteiger partial charge in [0.15, 0.2) is 10.5 Å². The average Bonchev–Trinajstić information content (AvgIpc) is 3.26. The van der Waals surface area contributed by atoms with Crippen molar-refractivity contribution >= 4 is 91.8 Å². The Balaban J connectivity index is 1.62. The highest BCUT2D eigenvalue weighted by molar-refractivity contribution is 14.1. The Morgan fingerprint density at radius 2 is 1.75 bits per heavy atom. The minimum Gasteiger partial charge on any atom is -0.487 e. The molecule has 0 spiro atoms. The number of carbonyl (C=O) groups is 1. The van der Waals surface area contributed by atoms with Gasteiger partial charge in [0.1, 0.15) is 12.4 Å². The fraction of sp³-hybridized carbons (Fsp3) is 0.167. The second kappa shape index (κ2) is 13.5. The Bertz CT molecular complexity index is 1950. The summed E-state index contributed by atoms with van der Waals surface area (Å²) in [5.74, 6) is -0.573. The predicted molar refractivity (Wildman–Crippen MR) is 180 cm³/mol. The van der Waals surface area contributed by atoms with E-state index in [-0.39, 0.29) is 21.5 Å². The van der Waals surface area contributed by atoms with Crippen molar-refractivity contribution in [3.8, 4) is 5.75 Å². The van der Waals surface area contributed by atoms with Crippen LogP contribution in [-0.4, -0.2) is 23.3 Å². The molecule has 1 atom stereocenters. The summed E-state index contributed by atoms with van der Waals surface area (Å²) in [6.45, 7) is 1.61. The van der Waals surface area contributed by atoms with Gasteiger partial charge in [-0.1, -0.05) is 58.8 Å². The number of thiazole rings is 1. The molecule has 1 aliphatic heterocycles. The first kappa shape index (κ1) is 33.0. The molecule has 5 rings (SSSR count). The van der Waals surface area contributed by atoms with Gasteiger partial charge in [0, 0.05) is 10.0 Å². The van der Waals surface area contributed by atoms with Crippen molar-refractivity contribution in [1.29, 1.82) is 0 Å². The molecule has 0 saturated carbocycles. The largest absolute Gasteiger partial charge is 0.487 e. The average molecular weight is 885 g/mol. The summed E-state index contributed by atoms with van der Waals surface area (Å²) < 4.78 is 56.8. The normalized spacial score (nSPS) is 15.2. The minimum atomic E-state index is -4.99. The number of carbonyl (C=O) groups excluding carboxylic acids is 1. The van der Waals surface area contributed by atoms with Gasteiger partial charge < -0.3 is 9.47 Å². The summed E-state index contributed by atoms with van der Waals surface area (Å²) in [7, 11) is 0.